The Hall–Kier alpha value is -3.48. The molecule has 2 aliphatic carbocycles. The van der Waals surface area contributed by atoms with Crippen LogP contribution >= 0.6 is 0 Å². The normalized spacial score (nSPS) is 27.6. The van der Waals surface area contributed by atoms with Gasteiger partial charge in [-0.25, -0.2) is 4.79 Å². The van der Waals surface area contributed by atoms with Crippen LogP contribution in [-0.4, -0.2) is 36.4 Å². The van der Waals surface area contributed by atoms with Crippen LogP contribution in [0.2, 0.25) is 0 Å². The van der Waals surface area contributed by atoms with E-state index < -0.39 is 30.4 Å². The quantitative estimate of drug-likeness (QED) is 0.403. The molecule has 0 radical (unpaired) electrons. The molecule has 2 saturated carbocycles. The van der Waals surface area contributed by atoms with Crippen molar-refractivity contribution in [1.82, 2.24) is 0 Å². The molecule has 0 spiro atoms. The third-order valence-corrected chi connectivity index (χ3v) is 6.50. The van der Waals surface area contributed by atoms with Gasteiger partial charge >= 0.3 is 17.9 Å². The Morgan fingerprint density at radius 1 is 0.935 bits per heavy atom. The Morgan fingerprint density at radius 3 is 2.42 bits per heavy atom. The van der Waals surface area contributed by atoms with Gasteiger partial charge in [-0.2, -0.15) is 0 Å². The van der Waals surface area contributed by atoms with E-state index in [2.05, 4.69) is 0 Å². The Labute approximate surface area is 178 Å². The summed E-state index contributed by atoms with van der Waals surface area (Å²) in [6.07, 6.45) is 1.45. The van der Waals surface area contributed by atoms with Crippen molar-refractivity contribution in [2.24, 2.45) is 23.7 Å². The van der Waals surface area contributed by atoms with Gasteiger partial charge in [-0.05, 0) is 55.2 Å². The highest BCUT2D eigenvalue weighted by molar-refractivity contribution is 5.98. The van der Waals surface area contributed by atoms with E-state index in [4.69, 9.17) is 14.2 Å². The van der Waals surface area contributed by atoms with Gasteiger partial charge in [-0.15, -0.1) is 0 Å². The summed E-state index contributed by atoms with van der Waals surface area (Å²) >= 11 is 0. The molecule has 0 aromatic heterocycles. The van der Waals surface area contributed by atoms with E-state index in [-0.39, 0.29) is 29.7 Å². The number of Topliss-reactive ketones (excluding diaryl/α,β-unsaturated/α-hetero) is 1. The molecule has 158 valence electrons. The maximum absolute atomic E-state index is 12.6. The first kappa shape index (κ1) is 19.5. The van der Waals surface area contributed by atoms with Crippen LogP contribution in [0.4, 0.5) is 0 Å². The van der Waals surface area contributed by atoms with E-state index in [1.807, 2.05) is 0 Å². The van der Waals surface area contributed by atoms with Gasteiger partial charge in [0.05, 0.1) is 17.4 Å². The van der Waals surface area contributed by atoms with E-state index in [0.29, 0.717) is 23.3 Å². The van der Waals surface area contributed by atoms with Crippen LogP contribution in [0.25, 0.3) is 0 Å². The lowest BCUT2D eigenvalue weighted by Gasteiger charge is -2.22. The summed E-state index contributed by atoms with van der Waals surface area (Å²) in [6, 6.07) is 14.6. The fourth-order valence-electron chi connectivity index (χ4n) is 5.09. The minimum atomic E-state index is -0.510. The molecule has 5 rings (SSSR count). The van der Waals surface area contributed by atoms with Crippen molar-refractivity contribution in [2.75, 3.05) is 6.61 Å². The first-order chi connectivity index (χ1) is 15.0. The highest BCUT2D eigenvalue weighted by Crippen LogP contribution is 2.57. The van der Waals surface area contributed by atoms with Gasteiger partial charge in [-0.3, -0.25) is 14.4 Å². The van der Waals surface area contributed by atoms with Crippen LogP contribution in [0.5, 0.6) is 5.75 Å². The molecule has 2 aromatic rings. The van der Waals surface area contributed by atoms with Crippen molar-refractivity contribution in [3.63, 3.8) is 0 Å². The molecule has 7 heteroatoms. The summed E-state index contributed by atoms with van der Waals surface area (Å²) in [5.41, 5.74) is 0.758. The number of hydrogen-bond acceptors (Lipinski definition) is 7. The molecule has 2 bridgehead atoms. The van der Waals surface area contributed by atoms with Gasteiger partial charge in [0.2, 0.25) is 0 Å². The monoisotopic (exact) mass is 420 g/mol. The molecule has 1 aliphatic heterocycles. The summed E-state index contributed by atoms with van der Waals surface area (Å²) in [6.45, 7) is -0.402. The van der Waals surface area contributed by atoms with Gasteiger partial charge in [0.1, 0.15) is 11.9 Å². The number of rotatable bonds is 6. The molecule has 1 heterocycles. The molecule has 0 N–H and O–H groups in total. The SMILES string of the molecule is O=C(COC(=O)[C@@H]1[C@@H]2C[C@@H]3[C@H]1C(=O)O[C@@H]3C2)c1ccc(OC(=O)c2ccccc2)cc1. The van der Waals surface area contributed by atoms with Crippen molar-refractivity contribution < 1.29 is 33.4 Å². The highest BCUT2D eigenvalue weighted by atomic mass is 16.6. The molecule has 0 amide bonds. The molecular formula is C24H20O7. The molecular weight excluding hydrogens is 400 g/mol. The third kappa shape index (κ3) is 3.50. The van der Waals surface area contributed by atoms with Gasteiger partial charge in [0.15, 0.2) is 12.4 Å². The van der Waals surface area contributed by atoms with Crippen LogP contribution < -0.4 is 4.74 Å². The maximum Gasteiger partial charge on any atom is 0.343 e. The number of benzene rings is 2. The molecule has 5 atom stereocenters. The average molecular weight is 420 g/mol. The zero-order chi connectivity index (χ0) is 21.5. The number of carbonyl (C=O) groups is 4. The second-order valence-electron chi connectivity index (χ2n) is 8.23. The lowest BCUT2D eigenvalue weighted by Crippen LogP contribution is -2.34. The first-order valence-electron chi connectivity index (χ1n) is 10.3. The van der Waals surface area contributed by atoms with Crippen LogP contribution in [0, 0.1) is 23.7 Å². The van der Waals surface area contributed by atoms with Crippen molar-refractivity contribution >= 4 is 23.7 Å². The van der Waals surface area contributed by atoms with Crippen molar-refractivity contribution in [1.29, 1.82) is 0 Å². The number of hydrogen-bond donors (Lipinski definition) is 0. The maximum atomic E-state index is 12.6. The average Bonchev–Trinajstić information content (AvgIpc) is 3.41. The van der Waals surface area contributed by atoms with Crippen molar-refractivity contribution in [3.05, 3.63) is 65.7 Å². The van der Waals surface area contributed by atoms with Crippen molar-refractivity contribution in [2.45, 2.75) is 18.9 Å². The summed E-state index contributed by atoms with van der Waals surface area (Å²) in [5.74, 6) is -2.12. The van der Waals surface area contributed by atoms with Crippen LogP contribution in [0.1, 0.15) is 33.6 Å². The fraction of sp³-hybridized carbons (Fsp3) is 0.333. The largest absolute Gasteiger partial charge is 0.462 e. The number of fused-ring (bicyclic) bond motifs is 1. The highest BCUT2D eigenvalue weighted by Gasteiger charge is 2.64. The Balaban J connectivity index is 1.16. The molecule has 31 heavy (non-hydrogen) atoms. The van der Waals surface area contributed by atoms with E-state index in [0.717, 1.165) is 6.42 Å². The zero-order valence-corrected chi connectivity index (χ0v) is 16.6. The minimum Gasteiger partial charge on any atom is -0.462 e. The lowest BCUT2D eigenvalue weighted by atomic mass is 9.80. The fourth-order valence-corrected chi connectivity index (χ4v) is 5.09. The molecule has 3 fully saturated rings. The topological polar surface area (TPSA) is 96.0 Å². The van der Waals surface area contributed by atoms with Crippen LogP contribution in [-0.2, 0) is 19.1 Å². The number of carbonyl (C=O) groups excluding carboxylic acids is 4. The molecule has 1 saturated heterocycles. The number of esters is 3. The van der Waals surface area contributed by atoms with Gasteiger partial charge in [0, 0.05) is 11.5 Å². The lowest BCUT2D eigenvalue weighted by molar-refractivity contribution is -0.154. The number of ether oxygens (including phenoxy) is 3. The van der Waals surface area contributed by atoms with Gasteiger partial charge in [0.25, 0.3) is 0 Å². The molecule has 7 nitrogen and oxygen atoms in total. The minimum absolute atomic E-state index is 0.0531. The van der Waals surface area contributed by atoms with E-state index in [1.54, 1.807) is 30.3 Å². The molecule has 2 aromatic carbocycles. The summed E-state index contributed by atoms with van der Waals surface area (Å²) < 4.78 is 15.9. The van der Waals surface area contributed by atoms with E-state index in [1.165, 1.54) is 24.3 Å². The molecule has 0 unspecified atom stereocenters. The second-order valence-corrected chi connectivity index (χ2v) is 8.23. The smallest absolute Gasteiger partial charge is 0.343 e. The zero-order valence-electron chi connectivity index (χ0n) is 16.6. The van der Waals surface area contributed by atoms with E-state index >= 15 is 0 Å². The van der Waals surface area contributed by atoms with Gasteiger partial charge < -0.3 is 14.2 Å². The third-order valence-electron chi connectivity index (χ3n) is 6.50. The summed E-state index contributed by atoms with van der Waals surface area (Å²) in [7, 11) is 0. The van der Waals surface area contributed by atoms with Crippen LogP contribution in [0.3, 0.4) is 0 Å². The second kappa shape index (κ2) is 7.65. The summed E-state index contributed by atoms with van der Waals surface area (Å²) in [5, 5.41) is 0. The van der Waals surface area contributed by atoms with Crippen molar-refractivity contribution in [3.8, 4) is 5.75 Å². The van der Waals surface area contributed by atoms with Crippen LogP contribution in [0.15, 0.2) is 54.6 Å². The predicted octanol–water partition coefficient (Wildman–Crippen LogP) is 2.83. The summed E-state index contributed by atoms with van der Waals surface area (Å²) in [4.78, 5) is 49.1. The van der Waals surface area contributed by atoms with E-state index in [9.17, 15) is 19.2 Å². The predicted molar refractivity (Wildman–Crippen MR) is 106 cm³/mol. The van der Waals surface area contributed by atoms with Gasteiger partial charge in [-0.1, -0.05) is 18.2 Å². The Kier molecular flexibility index (Phi) is 4.81. The number of ketones is 1. The Morgan fingerprint density at radius 2 is 1.68 bits per heavy atom. The first-order valence-corrected chi connectivity index (χ1v) is 10.3. The molecule has 3 aliphatic rings. The Bertz CT molecular complexity index is 1040. The standard InChI is InChI=1S/C24H20O7/c25-18(12-29-23(27)20-15-10-17-19(11-15)31-24(28)21(17)20)13-6-8-16(9-7-13)30-22(26)14-4-2-1-3-5-14/h1-9,15,17,19-21H,10-12H2/t15-,17+,19-,20-,21-/m1/s1.